The summed E-state index contributed by atoms with van der Waals surface area (Å²) in [4.78, 5) is 21.8. The Kier molecular flexibility index (Phi) is 4.75. The number of fused-ring (bicyclic) bond motifs is 1. The van der Waals surface area contributed by atoms with E-state index in [1.807, 2.05) is 42.5 Å². The van der Waals surface area contributed by atoms with Gasteiger partial charge < -0.3 is 10.1 Å². The van der Waals surface area contributed by atoms with Gasteiger partial charge in [0.1, 0.15) is 5.75 Å². The molecular weight excluding hydrogens is 378 g/mol. The van der Waals surface area contributed by atoms with Crippen molar-refractivity contribution in [3.63, 3.8) is 0 Å². The van der Waals surface area contributed by atoms with Gasteiger partial charge in [-0.05, 0) is 37.3 Å². The summed E-state index contributed by atoms with van der Waals surface area (Å²) >= 11 is 6.39. The maximum atomic E-state index is 12.7. The summed E-state index contributed by atoms with van der Waals surface area (Å²) in [6.07, 6.45) is -0.633. The Hall–Kier alpha value is -3.32. The average molecular weight is 396 g/mol. The van der Waals surface area contributed by atoms with E-state index >= 15 is 0 Å². The largest absolute Gasteiger partial charge is 0.497 e. The smallest absolute Gasteiger partial charge is 0.257 e. The monoisotopic (exact) mass is 395 g/mol. The van der Waals surface area contributed by atoms with Crippen LogP contribution in [0.25, 0.3) is 0 Å². The number of nitrogens with one attached hydrogen (secondary N) is 2. The SMILES string of the molecule is COc1ccc(NC2=N[C@@H](c3ccccc3Cl)n3c(nc(C)cc3=O)N2)cc1. The van der Waals surface area contributed by atoms with E-state index in [9.17, 15) is 4.79 Å². The summed E-state index contributed by atoms with van der Waals surface area (Å²) < 4.78 is 6.68. The van der Waals surface area contributed by atoms with Crippen molar-refractivity contribution in [1.82, 2.24) is 9.55 Å². The second-order valence-corrected chi connectivity index (χ2v) is 6.69. The van der Waals surface area contributed by atoms with Crippen molar-refractivity contribution in [2.24, 2.45) is 4.99 Å². The molecule has 0 radical (unpaired) electrons. The molecule has 2 N–H and O–H groups in total. The van der Waals surface area contributed by atoms with E-state index in [1.165, 1.54) is 10.6 Å². The van der Waals surface area contributed by atoms with Gasteiger partial charge in [-0.2, -0.15) is 0 Å². The Morgan fingerprint density at radius 2 is 1.93 bits per heavy atom. The molecule has 3 aromatic rings. The highest BCUT2D eigenvalue weighted by atomic mass is 35.5. The first-order valence-electron chi connectivity index (χ1n) is 8.65. The standard InChI is InChI=1S/C20H18ClN5O2/c1-12-11-17(27)26-18(15-5-3-4-6-16(15)21)24-19(25-20(26)22-12)23-13-7-9-14(28-2)10-8-13/h3-11,18H,1-2H3,(H2,22,23,24,25)/t18-/m1/s1. The zero-order valence-corrected chi connectivity index (χ0v) is 16.1. The quantitative estimate of drug-likeness (QED) is 0.707. The molecule has 0 amide bonds. The Morgan fingerprint density at radius 1 is 1.18 bits per heavy atom. The highest BCUT2D eigenvalue weighted by molar-refractivity contribution is 6.31. The van der Waals surface area contributed by atoms with Gasteiger partial charge in [-0.1, -0.05) is 29.8 Å². The highest BCUT2D eigenvalue weighted by Gasteiger charge is 2.26. The van der Waals surface area contributed by atoms with Crippen LogP contribution in [0.15, 0.2) is 64.4 Å². The number of hydrogen-bond acceptors (Lipinski definition) is 6. The van der Waals surface area contributed by atoms with Crippen LogP contribution < -0.4 is 20.9 Å². The molecule has 1 aliphatic heterocycles. The maximum absolute atomic E-state index is 12.7. The number of benzene rings is 2. The number of aryl methyl sites for hydroxylation is 1. The number of rotatable bonds is 3. The topological polar surface area (TPSA) is 80.5 Å². The summed E-state index contributed by atoms with van der Waals surface area (Å²) in [6.45, 7) is 1.77. The van der Waals surface area contributed by atoms with Crippen LogP contribution in [-0.2, 0) is 0 Å². The molecule has 0 saturated heterocycles. The van der Waals surface area contributed by atoms with Gasteiger partial charge in [0.15, 0.2) is 6.17 Å². The number of aliphatic imine (C=N–C) groups is 1. The van der Waals surface area contributed by atoms with Crippen molar-refractivity contribution < 1.29 is 4.74 Å². The molecule has 1 aliphatic rings. The number of nitrogens with zero attached hydrogens (tertiary/aromatic N) is 3. The lowest BCUT2D eigenvalue weighted by Gasteiger charge is -2.27. The van der Waals surface area contributed by atoms with Crippen LogP contribution in [0.2, 0.25) is 5.02 Å². The number of ether oxygens (including phenoxy) is 1. The lowest BCUT2D eigenvalue weighted by molar-refractivity contribution is 0.415. The Labute approximate surface area is 166 Å². The number of hydrogen-bond donors (Lipinski definition) is 2. The van der Waals surface area contributed by atoms with Crippen LogP contribution in [0.4, 0.5) is 11.6 Å². The molecule has 1 atom stereocenters. The van der Waals surface area contributed by atoms with Crippen LogP contribution in [0.5, 0.6) is 5.75 Å². The second kappa shape index (κ2) is 7.36. The van der Waals surface area contributed by atoms with Gasteiger partial charge in [0.05, 0.1) is 7.11 Å². The molecule has 0 saturated carbocycles. The number of aromatic nitrogens is 2. The normalized spacial score (nSPS) is 15.2. The van der Waals surface area contributed by atoms with Crippen molar-refractivity contribution in [3.8, 4) is 5.75 Å². The summed E-state index contributed by atoms with van der Waals surface area (Å²) in [6, 6.07) is 16.2. The first-order valence-corrected chi connectivity index (χ1v) is 9.03. The molecule has 0 unspecified atom stereocenters. The molecule has 4 rings (SSSR count). The predicted molar refractivity (Wildman–Crippen MR) is 110 cm³/mol. The molecule has 7 nitrogen and oxygen atoms in total. The molecule has 2 heterocycles. The Bertz CT molecular complexity index is 1110. The molecule has 1 aromatic heterocycles. The van der Waals surface area contributed by atoms with Gasteiger partial charge >= 0.3 is 0 Å². The molecule has 0 bridgehead atoms. The lowest BCUT2D eigenvalue weighted by Crippen LogP contribution is -2.37. The Balaban J connectivity index is 1.78. The van der Waals surface area contributed by atoms with Gasteiger partial charge in [0.2, 0.25) is 11.9 Å². The van der Waals surface area contributed by atoms with Crippen LogP contribution in [0.1, 0.15) is 17.4 Å². The first kappa shape index (κ1) is 18.1. The number of halogens is 1. The van der Waals surface area contributed by atoms with Crippen LogP contribution in [0, 0.1) is 6.92 Å². The van der Waals surface area contributed by atoms with Gasteiger partial charge in [-0.3, -0.25) is 14.7 Å². The molecule has 8 heteroatoms. The van der Waals surface area contributed by atoms with E-state index in [2.05, 4.69) is 20.6 Å². The zero-order chi connectivity index (χ0) is 19.7. The van der Waals surface area contributed by atoms with Gasteiger partial charge in [-0.25, -0.2) is 9.98 Å². The van der Waals surface area contributed by atoms with Crippen molar-refractivity contribution in [2.45, 2.75) is 13.1 Å². The van der Waals surface area contributed by atoms with Crippen molar-refractivity contribution in [2.75, 3.05) is 17.7 Å². The molecule has 0 aliphatic carbocycles. The van der Waals surface area contributed by atoms with Crippen molar-refractivity contribution in [1.29, 1.82) is 0 Å². The summed E-state index contributed by atoms with van der Waals surface area (Å²) in [7, 11) is 1.62. The highest BCUT2D eigenvalue weighted by Crippen LogP contribution is 2.30. The fraction of sp³-hybridized carbons (Fsp3) is 0.150. The molecule has 0 spiro atoms. The molecule has 0 fully saturated rings. The minimum Gasteiger partial charge on any atom is -0.497 e. The summed E-state index contributed by atoms with van der Waals surface area (Å²) in [5.41, 5.74) is 1.95. The number of guanidine groups is 1. The predicted octanol–water partition coefficient (Wildman–Crippen LogP) is 3.65. The second-order valence-electron chi connectivity index (χ2n) is 6.28. The van der Waals surface area contributed by atoms with Crippen LogP contribution in [0.3, 0.4) is 0 Å². The molecule has 28 heavy (non-hydrogen) atoms. The average Bonchev–Trinajstić information content (AvgIpc) is 2.68. The summed E-state index contributed by atoms with van der Waals surface area (Å²) in [5.74, 6) is 1.63. The van der Waals surface area contributed by atoms with Crippen molar-refractivity contribution in [3.05, 3.63) is 81.2 Å². The van der Waals surface area contributed by atoms with Crippen LogP contribution in [-0.4, -0.2) is 22.6 Å². The van der Waals surface area contributed by atoms with Crippen LogP contribution >= 0.6 is 11.6 Å². The van der Waals surface area contributed by atoms with E-state index < -0.39 is 6.17 Å². The molecule has 2 aromatic carbocycles. The number of methoxy groups -OCH3 is 1. The third-order valence-electron chi connectivity index (χ3n) is 4.34. The Morgan fingerprint density at radius 3 is 2.64 bits per heavy atom. The lowest BCUT2D eigenvalue weighted by atomic mass is 10.1. The zero-order valence-electron chi connectivity index (χ0n) is 15.3. The van der Waals surface area contributed by atoms with Crippen molar-refractivity contribution >= 4 is 29.2 Å². The molecule has 142 valence electrons. The minimum absolute atomic E-state index is 0.202. The van der Waals surface area contributed by atoms with Gasteiger partial charge in [0.25, 0.3) is 5.56 Å². The van der Waals surface area contributed by atoms with E-state index in [-0.39, 0.29) is 5.56 Å². The first-order chi connectivity index (χ1) is 13.5. The fourth-order valence-electron chi connectivity index (χ4n) is 3.02. The third-order valence-corrected chi connectivity index (χ3v) is 4.69. The van der Waals surface area contributed by atoms with Gasteiger partial charge in [-0.15, -0.1) is 0 Å². The fourth-order valence-corrected chi connectivity index (χ4v) is 3.25. The minimum atomic E-state index is -0.633. The third kappa shape index (κ3) is 3.44. The van der Waals surface area contributed by atoms with E-state index in [4.69, 9.17) is 16.3 Å². The van der Waals surface area contributed by atoms with Gasteiger partial charge in [0, 0.05) is 28.0 Å². The number of anilines is 2. The maximum Gasteiger partial charge on any atom is 0.257 e. The molecular formula is C20H18ClN5O2. The van der Waals surface area contributed by atoms with E-state index in [1.54, 1.807) is 20.1 Å². The van der Waals surface area contributed by atoms with E-state index in [0.717, 1.165) is 11.4 Å². The van der Waals surface area contributed by atoms with E-state index in [0.29, 0.717) is 28.2 Å². The summed E-state index contributed by atoms with van der Waals surface area (Å²) in [5, 5.41) is 6.84.